The molecule has 0 saturated carbocycles. The van der Waals surface area contributed by atoms with Gasteiger partial charge in [0.1, 0.15) is 17.0 Å². The molecule has 0 radical (unpaired) electrons. The number of amides is 1. The fraction of sp³-hybridized carbons (Fsp3) is 0.409. The lowest BCUT2D eigenvalue weighted by Crippen LogP contribution is -2.44. The zero-order chi connectivity index (χ0) is 22.5. The Morgan fingerprint density at radius 3 is 2.84 bits per heavy atom. The van der Waals surface area contributed by atoms with Crippen molar-refractivity contribution in [3.8, 4) is 0 Å². The summed E-state index contributed by atoms with van der Waals surface area (Å²) in [5, 5.41) is 0.161. The fourth-order valence-corrected chi connectivity index (χ4v) is 4.74. The van der Waals surface area contributed by atoms with E-state index in [-0.39, 0.29) is 38.8 Å². The highest BCUT2D eigenvalue weighted by Gasteiger charge is 2.22. The molecule has 1 amide bonds. The van der Waals surface area contributed by atoms with Gasteiger partial charge in [0.05, 0.1) is 22.2 Å². The van der Waals surface area contributed by atoms with Gasteiger partial charge in [-0.3, -0.25) is 14.2 Å². The monoisotopic (exact) mass is 466 g/mol. The van der Waals surface area contributed by atoms with Crippen molar-refractivity contribution < 1.29 is 18.7 Å². The van der Waals surface area contributed by atoms with Crippen molar-refractivity contribution >= 4 is 47.0 Å². The van der Waals surface area contributed by atoms with Crippen LogP contribution in [0.4, 0.5) is 4.39 Å². The van der Waals surface area contributed by atoms with E-state index in [1.807, 2.05) is 0 Å². The number of aromatic nitrogens is 1. The van der Waals surface area contributed by atoms with Crippen LogP contribution in [-0.4, -0.2) is 41.0 Å². The lowest BCUT2D eigenvalue weighted by Gasteiger charge is -2.31. The Kier molecular flexibility index (Phi) is 7.67. The van der Waals surface area contributed by atoms with Gasteiger partial charge < -0.3 is 9.64 Å². The van der Waals surface area contributed by atoms with E-state index < -0.39 is 17.3 Å². The minimum absolute atomic E-state index is 0.0773. The normalized spacial score (nSPS) is 17.8. The van der Waals surface area contributed by atoms with Crippen LogP contribution in [0.2, 0.25) is 5.02 Å². The Balaban J connectivity index is 2.06. The molecule has 0 aliphatic carbocycles. The standard InChI is InChI=1S/C22H24ClFN2O4S/c1-3-30-21(28)11-20-26(13-19(27)25-9-5-6-14(2)12-25)22(29)18(31-20)10-15-16(23)7-4-8-17(15)24/h4,7-8,10-11,14H,3,5-6,9,12-13H2,1-2H3/b18-10-,20-11-/t14-/m1/s1. The number of hydrogen-bond acceptors (Lipinski definition) is 5. The van der Waals surface area contributed by atoms with E-state index in [4.69, 9.17) is 16.3 Å². The van der Waals surface area contributed by atoms with E-state index in [0.29, 0.717) is 19.0 Å². The fourth-order valence-electron chi connectivity index (χ4n) is 3.51. The summed E-state index contributed by atoms with van der Waals surface area (Å²) >= 11 is 7.07. The molecule has 9 heteroatoms. The van der Waals surface area contributed by atoms with E-state index >= 15 is 0 Å². The van der Waals surface area contributed by atoms with E-state index in [1.54, 1.807) is 11.8 Å². The molecule has 1 fully saturated rings. The van der Waals surface area contributed by atoms with E-state index in [2.05, 4.69) is 6.92 Å². The van der Waals surface area contributed by atoms with Crippen molar-refractivity contribution in [2.24, 2.45) is 5.92 Å². The number of carbonyl (C=O) groups is 2. The number of esters is 1. The Labute approximate surface area is 188 Å². The summed E-state index contributed by atoms with van der Waals surface area (Å²) in [6, 6.07) is 4.24. The largest absolute Gasteiger partial charge is 0.463 e. The Hall–Kier alpha value is -2.45. The first-order valence-electron chi connectivity index (χ1n) is 10.1. The van der Waals surface area contributed by atoms with Crippen LogP contribution in [0.1, 0.15) is 32.3 Å². The first kappa shape index (κ1) is 23.2. The van der Waals surface area contributed by atoms with Gasteiger partial charge in [0.15, 0.2) is 0 Å². The summed E-state index contributed by atoms with van der Waals surface area (Å²) in [5.41, 5.74) is -0.410. The number of nitrogens with zero attached hydrogens (tertiary/aromatic N) is 2. The number of piperidine rings is 1. The summed E-state index contributed by atoms with van der Waals surface area (Å²) in [4.78, 5) is 39.7. The van der Waals surface area contributed by atoms with Gasteiger partial charge in [0, 0.05) is 18.7 Å². The Morgan fingerprint density at radius 2 is 2.16 bits per heavy atom. The lowest BCUT2D eigenvalue weighted by molar-refractivity contribution is -0.136. The second-order valence-corrected chi connectivity index (χ2v) is 8.93. The molecule has 1 atom stereocenters. The topological polar surface area (TPSA) is 68.6 Å². The molecule has 1 aliphatic rings. The number of carbonyl (C=O) groups excluding carboxylic acids is 2. The van der Waals surface area contributed by atoms with Crippen molar-refractivity contribution in [2.75, 3.05) is 19.7 Å². The molecule has 0 N–H and O–H groups in total. The summed E-state index contributed by atoms with van der Waals surface area (Å²) in [6.07, 6.45) is 4.50. The highest BCUT2D eigenvalue weighted by molar-refractivity contribution is 7.07. The van der Waals surface area contributed by atoms with Gasteiger partial charge in [-0.05, 0) is 43.9 Å². The molecule has 0 bridgehead atoms. The number of thiazole rings is 1. The average Bonchev–Trinajstić information content (AvgIpc) is 2.99. The molecule has 1 aromatic carbocycles. The summed E-state index contributed by atoms with van der Waals surface area (Å²) in [5.74, 6) is -0.983. The molecule has 3 rings (SSSR count). The van der Waals surface area contributed by atoms with E-state index in [0.717, 1.165) is 24.2 Å². The van der Waals surface area contributed by atoms with Gasteiger partial charge in [-0.15, -0.1) is 11.3 Å². The number of ether oxygens (including phenoxy) is 1. The lowest BCUT2D eigenvalue weighted by atomic mass is 10.0. The second-order valence-electron chi connectivity index (χ2n) is 7.46. The number of halogens is 2. The third-order valence-electron chi connectivity index (χ3n) is 5.04. The van der Waals surface area contributed by atoms with Gasteiger partial charge in [0.2, 0.25) is 5.91 Å². The number of likely N-dealkylation sites (tertiary alicyclic amines) is 1. The van der Waals surface area contributed by atoms with Gasteiger partial charge in [0.25, 0.3) is 5.56 Å². The van der Waals surface area contributed by atoms with E-state index in [9.17, 15) is 18.8 Å². The van der Waals surface area contributed by atoms with Crippen LogP contribution in [0.15, 0.2) is 23.0 Å². The molecule has 2 heterocycles. The molecular formula is C22H24ClFN2O4S. The molecule has 1 aromatic heterocycles. The van der Waals surface area contributed by atoms with Gasteiger partial charge in [-0.1, -0.05) is 24.6 Å². The zero-order valence-corrected chi connectivity index (χ0v) is 19.0. The molecule has 2 aromatic rings. The molecule has 1 saturated heterocycles. The maximum absolute atomic E-state index is 14.2. The van der Waals surface area contributed by atoms with Crippen molar-refractivity contribution in [1.29, 1.82) is 0 Å². The molecule has 0 unspecified atom stereocenters. The van der Waals surface area contributed by atoms with Crippen molar-refractivity contribution in [1.82, 2.24) is 9.47 Å². The highest BCUT2D eigenvalue weighted by atomic mass is 35.5. The van der Waals surface area contributed by atoms with Gasteiger partial charge in [-0.25, -0.2) is 9.18 Å². The van der Waals surface area contributed by atoms with Crippen molar-refractivity contribution in [3.63, 3.8) is 0 Å². The third-order valence-corrected chi connectivity index (χ3v) is 6.43. The number of benzene rings is 1. The Bertz CT molecular complexity index is 1140. The molecule has 166 valence electrons. The molecule has 6 nitrogen and oxygen atoms in total. The number of rotatable bonds is 5. The first-order valence-corrected chi connectivity index (χ1v) is 11.3. The maximum Gasteiger partial charge on any atom is 0.333 e. The third kappa shape index (κ3) is 5.62. The predicted octanol–water partition coefficient (Wildman–Crippen LogP) is 2.13. The van der Waals surface area contributed by atoms with Gasteiger partial charge in [-0.2, -0.15) is 0 Å². The van der Waals surface area contributed by atoms with Crippen LogP contribution in [0.25, 0.3) is 12.2 Å². The Morgan fingerprint density at radius 1 is 1.39 bits per heavy atom. The molecule has 31 heavy (non-hydrogen) atoms. The SMILES string of the molecule is CCOC(=O)/C=c1\s/c(=C\c2c(F)cccc2Cl)c(=O)n1CC(=O)N1CCC[C@@H](C)C1. The summed E-state index contributed by atoms with van der Waals surface area (Å²) < 4.78 is 20.8. The minimum Gasteiger partial charge on any atom is -0.463 e. The predicted molar refractivity (Wildman–Crippen MR) is 119 cm³/mol. The first-order chi connectivity index (χ1) is 14.8. The summed E-state index contributed by atoms with van der Waals surface area (Å²) in [6.45, 7) is 5.02. The van der Waals surface area contributed by atoms with Crippen LogP contribution in [0, 0.1) is 11.7 Å². The molecular weight excluding hydrogens is 443 g/mol. The van der Waals surface area contributed by atoms with Gasteiger partial charge >= 0.3 is 5.97 Å². The average molecular weight is 467 g/mol. The molecule has 0 spiro atoms. The zero-order valence-electron chi connectivity index (χ0n) is 17.4. The smallest absolute Gasteiger partial charge is 0.333 e. The minimum atomic E-state index is -0.619. The second kappa shape index (κ2) is 10.2. The van der Waals surface area contributed by atoms with Crippen LogP contribution in [0.3, 0.4) is 0 Å². The van der Waals surface area contributed by atoms with E-state index in [1.165, 1.54) is 34.9 Å². The van der Waals surface area contributed by atoms with Crippen LogP contribution < -0.4 is 14.8 Å². The molecule has 1 aliphatic heterocycles. The van der Waals surface area contributed by atoms with Crippen LogP contribution >= 0.6 is 22.9 Å². The quantitative estimate of drug-likeness (QED) is 0.633. The maximum atomic E-state index is 14.2. The van der Waals surface area contributed by atoms with Crippen LogP contribution in [0.5, 0.6) is 0 Å². The van der Waals surface area contributed by atoms with Crippen molar-refractivity contribution in [2.45, 2.75) is 33.2 Å². The highest BCUT2D eigenvalue weighted by Crippen LogP contribution is 2.19. The summed E-state index contributed by atoms with van der Waals surface area (Å²) in [7, 11) is 0. The van der Waals surface area contributed by atoms with Crippen molar-refractivity contribution in [3.05, 3.63) is 54.2 Å². The van der Waals surface area contributed by atoms with Crippen LogP contribution in [-0.2, 0) is 20.9 Å². The number of hydrogen-bond donors (Lipinski definition) is 0.